The molecule has 4 N–H and O–H groups in total. The molecule has 0 aliphatic heterocycles. The summed E-state index contributed by atoms with van der Waals surface area (Å²) >= 11 is 0. The number of hydrogen-bond donors (Lipinski definition) is 3. The van der Waals surface area contributed by atoms with E-state index in [0.29, 0.717) is 13.1 Å². The van der Waals surface area contributed by atoms with Crippen molar-refractivity contribution in [3.8, 4) is 0 Å². The van der Waals surface area contributed by atoms with Crippen LogP contribution in [0, 0.1) is 23.2 Å². The molecule has 0 aromatic heterocycles. The van der Waals surface area contributed by atoms with Gasteiger partial charge < -0.3 is 16.2 Å². The van der Waals surface area contributed by atoms with Crippen molar-refractivity contribution in [3.63, 3.8) is 0 Å². The van der Waals surface area contributed by atoms with Crippen LogP contribution in [-0.2, 0) is 4.79 Å². The molecule has 0 spiro atoms. The number of nitrogens with two attached hydrogens (primary N) is 1. The van der Waals surface area contributed by atoms with Crippen LogP contribution in [0.2, 0.25) is 0 Å². The first-order valence-corrected chi connectivity index (χ1v) is 7.29. The molecular formula is C14H24N2O2. The van der Waals surface area contributed by atoms with Gasteiger partial charge in [0.25, 0.3) is 0 Å². The lowest BCUT2D eigenvalue weighted by molar-refractivity contribution is -0.155. The molecular weight excluding hydrogens is 228 g/mol. The van der Waals surface area contributed by atoms with E-state index in [1.165, 1.54) is 19.3 Å². The number of aliphatic hydroxyl groups excluding tert-OH is 1. The largest absolute Gasteiger partial charge is 0.383 e. The van der Waals surface area contributed by atoms with Crippen LogP contribution in [0.5, 0.6) is 0 Å². The Morgan fingerprint density at radius 2 is 1.72 bits per heavy atom. The number of amides is 1. The van der Waals surface area contributed by atoms with Crippen LogP contribution < -0.4 is 11.1 Å². The SMILES string of the molecule is NCCNC(=O)C(O)C12CC3CC(CC(C3)C1)C2. The molecule has 0 heterocycles. The Labute approximate surface area is 108 Å². The molecule has 0 aromatic carbocycles. The number of aliphatic hydroxyl groups is 1. The molecule has 4 fully saturated rings. The lowest BCUT2D eigenvalue weighted by Gasteiger charge is -2.57. The molecule has 4 aliphatic carbocycles. The maximum atomic E-state index is 12.0. The van der Waals surface area contributed by atoms with E-state index in [2.05, 4.69) is 5.32 Å². The van der Waals surface area contributed by atoms with E-state index in [0.717, 1.165) is 37.0 Å². The molecule has 4 heteroatoms. The van der Waals surface area contributed by atoms with Crippen molar-refractivity contribution in [1.29, 1.82) is 0 Å². The smallest absolute Gasteiger partial charge is 0.249 e. The average Bonchev–Trinajstić information content (AvgIpc) is 2.33. The van der Waals surface area contributed by atoms with Gasteiger partial charge in [-0.1, -0.05) is 0 Å². The molecule has 4 bridgehead atoms. The molecule has 1 unspecified atom stereocenters. The van der Waals surface area contributed by atoms with Gasteiger partial charge in [-0.25, -0.2) is 0 Å². The molecule has 1 amide bonds. The van der Waals surface area contributed by atoms with Gasteiger partial charge in [0.05, 0.1) is 0 Å². The van der Waals surface area contributed by atoms with E-state index in [1.807, 2.05) is 0 Å². The second-order valence-electron chi connectivity index (χ2n) is 6.76. The van der Waals surface area contributed by atoms with Crippen molar-refractivity contribution in [2.75, 3.05) is 13.1 Å². The summed E-state index contributed by atoms with van der Waals surface area (Å²) in [6.07, 6.45) is 6.32. The Balaban J connectivity index is 1.72. The van der Waals surface area contributed by atoms with Crippen LogP contribution in [0.25, 0.3) is 0 Å². The Morgan fingerprint density at radius 1 is 1.22 bits per heavy atom. The number of rotatable bonds is 4. The van der Waals surface area contributed by atoms with E-state index in [4.69, 9.17) is 5.73 Å². The van der Waals surface area contributed by atoms with Crippen LogP contribution in [0.1, 0.15) is 38.5 Å². The molecule has 4 saturated carbocycles. The highest BCUT2D eigenvalue weighted by molar-refractivity contribution is 5.81. The quantitative estimate of drug-likeness (QED) is 0.687. The summed E-state index contributed by atoms with van der Waals surface area (Å²) < 4.78 is 0. The van der Waals surface area contributed by atoms with Gasteiger partial charge in [0.1, 0.15) is 6.10 Å². The van der Waals surface area contributed by atoms with Gasteiger partial charge in [-0.15, -0.1) is 0 Å². The van der Waals surface area contributed by atoms with Crippen molar-refractivity contribution in [2.24, 2.45) is 28.9 Å². The predicted molar refractivity (Wildman–Crippen MR) is 68.7 cm³/mol. The standard InChI is InChI=1S/C14H24N2O2/c15-1-2-16-13(18)12(17)14-6-9-3-10(7-14)5-11(4-9)8-14/h9-12,17H,1-8,15H2,(H,16,18). The summed E-state index contributed by atoms with van der Waals surface area (Å²) in [6.45, 7) is 0.890. The maximum Gasteiger partial charge on any atom is 0.249 e. The Hall–Kier alpha value is -0.610. The zero-order chi connectivity index (χ0) is 12.8. The summed E-state index contributed by atoms with van der Waals surface area (Å²) in [7, 11) is 0. The first-order valence-electron chi connectivity index (χ1n) is 7.29. The Bertz CT molecular complexity index is 307. The fraction of sp³-hybridized carbons (Fsp3) is 0.929. The summed E-state index contributed by atoms with van der Waals surface area (Å²) in [5.74, 6) is 2.07. The fourth-order valence-electron chi connectivity index (χ4n) is 5.08. The third-order valence-corrected chi connectivity index (χ3v) is 5.36. The van der Waals surface area contributed by atoms with E-state index >= 15 is 0 Å². The molecule has 0 aromatic rings. The minimum Gasteiger partial charge on any atom is -0.383 e. The second kappa shape index (κ2) is 4.49. The van der Waals surface area contributed by atoms with Gasteiger partial charge in [0, 0.05) is 18.5 Å². The van der Waals surface area contributed by atoms with Gasteiger partial charge in [-0.05, 0) is 56.3 Å². The first kappa shape index (κ1) is 12.4. The van der Waals surface area contributed by atoms with Gasteiger partial charge >= 0.3 is 0 Å². The zero-order valence-corrected chi connectivity index (χ0v) is 10.9. The molecule has 1 atom stereocenters. The number of carbonyl (C=O) groups is 1. The van der Waals surface area contributed by atoms with Gasteiger partial charge in [0.2, 0.25) is 5.91 Å². The summed E-state index contributed by atoms with van der Waals surface area (Å²) in [4.78, 5) is 12.0. The maximum absolute atomic E-state index is 12.0. The fourth-order valence-corrected chi connectivity index (χ4v) is 5.08. The molecule has 0 saturated heterocycles. The lowest BCUT2D eigenvalue weighted by Crippen LogP contribution is -2.56. The Morgan fingerprint density at radius 3 is 2.17 bits per heavy atom. The van der Waals surface area contributed by atoms with Crippen molar-refractivity contribution < 1.29 is 9.90 Å². The minimum absolute atomic E-state index is 0.118. The highest BCUT2D eigenvalue weighted by Gasteiger charge is 2.55. The van der Waals surface area contributed by atoms with Crippen LogP contribution >= 0.6 is 0 Å². The van der Waals surface area contributed by atoms with Crippen molar-refractivity contribution in [1.82, 2.24) is 5.32 Å². The summed E-state index contributed by atoms with van der Waals surface area (Å²) in [5, 5.41) is 13.2. The summed E-state index contributed by atoms with van der Waals surface area (Å²) in [5.41, 5.74) is 5.27. The predicted octanol–water partition coefficient (Wildman–Crippen LogP) is 0.639. The highest BCUT2D eigenvalue weighted by atomic mass is 16.3. The topological polar surface area (TPSA) is 75.3 Å². The van der Waals surface area contributed by atoms with Crippen molar-refractivity contribution in [2.45, 2.75) is 44.6 Å². The monoisotopic (exact) mass is 252 g/mol. The third kappa shape index (κ3) is 1.95. The highest BCUT2D eigenvalue weighted by Crippen LogP contribution is 2.61. The number of nitrogens with one attached hydrogen (secondary N) is 1. The van der Waals surface area contributed by atoms with Crippen molar-refractivity contribution in [3.05, 3.63) is 0 Å². The van der Waals surface area contributed by atoms with E-state index < -0.39 is 6.10 Å². The van der Waals surface area contributed by atoms with Crippen LogP contribution in [0.15, 0.2) is 0 Å². The van der Waals surface area contributed by atoms with Crippen LogP contribution in [-0.4, -0.2) is 30.2 Å². The number of hydrogen-bond acceptors (Lipinski definition) is 3. The second-order valence-corrected chi connectivity index (χ2v) is 6.76. The zero-order valence-electron chi connectivity index (χ0n) is 10.9. The molecule has 4 rings (SSSR count). The number of carbonyl (C=O) groups excluding carboxylic acids is 1. The van der Waals surface area contributed by atoms with Gasteiger partial charge in [0.15, 0.2) is 0 Å². The third-order valence-electron chi connectivity index (χ3n) is 5.36. The average molecular weight is 252 g/mol. The normalized spacial score (nSPS) is 42.9. The molecule has 4 nitrogen and oxygen atoms in total. The molecule has 18 heavy (non-hydrogen) atoms. The lowest BCUT2D eigenvalue weighted by atomic mass is 9.48. The van der Waals surface area contributed by atoms with E-state index in [-0.39, 0.29) is 11.3 Å². The van der Waals surface area contributed by atoms with E-state index in [1.54, 1.807) is 0 Å². The first-order chi connectivity index (χ1) is 8.63. The van der Waals surface area contributed by atoms with Crippen molar-refractivity contribution >= 4 is 5.91 Å². The Kier molecular flexibility index (Phi) is 3.10. The minimum atomic E-state index is -0.822. The van der Waals surface area contributed by atoms with Crippen LogP contribution in [0.4, 0.5) is 0 Å². The molecule has 102 valence electrons. The van der Waals surface area contributed by atoms with Gasteiger partial charge in [-0.3, -0.25) is 4.79 Å². The summed E-state index contributed by atoms with van der Waals surface area (Å²) in [6, 6.07) is 0. The van der Waals surface area contributed by atoms with Gasteiger partial charge in [-0.2, -0.15) is 0 Å². The molecule has 4 aliphatic rings. The van der Waals surface area contributed by atoms with E-state index in [9.17, 15) is 9.90 Å². The molecule has 0 radical (unpaired) electrons. The van der Waals surface area contributed by atoms with Crippen LogP contribution in [0.3, 0.4) is 0 Å².